The molecule has 3 heterocycles. The van der Waals surface area contributed by atoms with Crippen LogP contribution in [-0.2, 0) is 15.1 Å². The van der Waals surface area contributed by atoms with E-state index in [9.17, 15) is 10.2 Å². The van der Waals surface area contributed by atoms with E-state index in [1.54, 1.807) is 12.0 Å². The molecule has 2 aromatic heterocycles. The molecule has 0 bridgehead atoms. The van der Waals surface area contributed by atoms with Crippen molar-refractivity contribution in [3.63, 3.8) is 0 Å². The molecule has 0 spiro atoms. The number of anilines is 1. The SMILES string of the molecule is CCOc1nc(N(OC)C(c2ccccc2)(c2ccccc2)c2ccccc2)nc2c1ncn2[C@@H]1O[C@](F)(CO)[C@@H](O)C1(C)F. The molecule has 5 aromatic rings. The maximum absolute atomic E-state index is 16.0. The Morgan fingerprint density at radius 2 is 1.47 bits per heavy atom. The molecule has 0 radical (unpaired) electrons. The lowest BCUT2D eigenvalue weighted by atomic mass is 9.76. The van der Waals surface area contributed by atoms with E-state index >= 15 is 8.78 Å². The van der Waals surface area contributed by atoms with Crippen molar-refractivity contribution >= 4 is 17.1 Å². The van der Waals surface area contributed by atoms with Gasteiger partial charge in [-0.25, -0.2) is 13.8 Å². The van der Waals surface area contributed by atoms with Crippen molar-refractivity contribution < 1.29 is 33.3 Å². The Morgan fingerprint density at radius 3 is 1.91 bits per heavy atom. The van der Waals surface area contributed by atoms with E-state index < -0.39 is 36.0 Å². The van der Waals surface area contributed by atoms with Crippen molar-refractivity contribution in [2.24, 2.45) is 0 Å². The van der Waals surface area contributed by atoms with Gasteiger partial charge in [0.25, 0.3) is 11.8 Å². The van der Waals surface area contributed by atoms with Gasteiger partial charge in [-0.2, -0.15) is 15.0 Å². The van der Waals surface area contributed by atoms with Gasteiger partial charge >= 0.3 is 0 Å². The Hall–Kier alpha value is -4.49. The number of ether oxygens (including phenoxy) is 2. The number of halogens is 2. The number of rotatable bonds is 10. The maximum atomic E-state index is 16.0. The topological polar surface area (TPSA) is 115 Å². The van der Waals surface area contributed by atoms with Crippen LogP contribution in [0.3, 0.4) is 0 Å². The predicted molar refractivity (Wildman–Crippen MR) is 162 cm³/mol. The van der Waals surface area contributed by atoms with E-state index in [4.69, 9.17) is 24.3 Å². The van der Waals surface area contributed by atoms with E-state index in [-0.39, 0.29) is 29.6 Å². The van der Waals surface area contributed by atoms with Gasteiger partial charge in [0.15, 0.2) is 29.2 Å². The van der Waals surface area contributed by atoms with Crippen LogP contribution in [0.4, 0.5) is 14.7 Å². The number of alkyl halides is 2. The number of benzene rings is 3. The van der Waals surface area contributed by atoms with Crippen LogP contribution in [0.1, 0.15) is 36.8 Å². The summed E-state index contributed by atoms with van der Waals surface area (Å²) in [6.07, 6.45) is -2.83. The van der Waals surface area contributed by atoms with Crippen LogP contribution in [0.2, 0.25) is 0 Å². The van der Waals surface area contributed by atoms with Gasteiger partial charge in [0.05, 0.1) is 20.0 Å². The van der Waals surface area contributed by atoms with E-state index in [1.165, 1.54) is 13.4 Å². The second kappa shape index (κ2) is 11.8. The van der Waals surface area contributed by atoms with Crippen molar-refractivity contribution in [2.75, 3.05) is 25.4 Å². The number of hydroxylamine groups is 1. The number of fused-ring (bicyclic) bond motifs is 1. The van der Waals surface area contributed by atoms with Gasteiger partial charge in [-0.3, -0.25) is 9.40 Å². The zero-order valence-electron chi connectivity index (χ0n) is 24.9. The average molecular weight is 618 g/mol. The molecule has 3 aromatic carbocycles. The smallest absolute Gasteiger partial charge is 0.263 e. The standard InChI is InChI=1S/C33H33F2N5O5/c1-4-44-27-25-26(39(21-36-25)29-31(2,34)28(42)32(35,20-41)45-29)37-30(38-27)40(43-3)33(22-14-8-5-9-15-22,23-16-10-6-11-17-23)24-18-12-7-13-19-24/h5-19,21,28-29,41-42H,4,20H2,1-3H3/t28-,29+,31?,32+/m0/s1. The average Bonchev–Trinajstić information content (AvgIpc) is 3.57. The first kappa shape index (κ1) is 30.5. The van der Waals surface area contributed by atoms with Crippen LogP contribution >= 0.6 is 0 Å². The van der Waals surface area contributed by atoms with Crippen LogP contribution in [-0.4, -0.2) is 67.7 Å². The van der Waals surface area contributed by atoms with Crippen molar-refractivity contribution in [3.05, 3.63) is 114 Å². The minimum absolute atomic E-state index is 0.0135. The third-order valence-corrected chi connectivity index (χ3v) is 8.10. The second-order valence-electron chi connectivity index (χ2n) is 10.8. The molecule has 12 heteroatoms. The fourth-order valence-corrected chi connectivity index (χ4v) is 6.01. The summed E-state index contributed by atoms with van der Waals surface area (Å²) in [6, 6.07) is 29.1. The van der Waals surface area contributed by atoms with Gasteiger partial charge < -0.3 is 19.7 Å². The molecule has 2 N–H and O–H groups in total. The van der Waals surface area contributed by atoms with E-state index in [1.807, 2.05) is 91.0 Å². The molecular formula is C33H33F2N5O5. The number of aliphatic hydroxyl groups is 2. The number of hydrogen-bond acceptors (Lipinski definition) is 9. The number of nitrogens with zero attached hydrogens (tertiary/aromatic N) is 5. The summed E-state index contributed by atoms with van der Waals surface area (Å²) >= 11 is 0. The summed E-state index contributed by atoms with van der Waals surface area (Å²) in [5.74, 6) is -2.97. The first-order chi connectivity index (χ1) is 21.7. The number of aliphatic hydroxyl groups excluding tert-OH is 2. The molecule has 1 fully saturated rings. The zero-order valence-corrected chi connectivity index (χ0v) is 24.9. The highest BCUT2D eigenvalue weighted by Gasteiger charge is 2.64. The number of imidazole rings is 1. The third-order valence-electron chi connectivity index (χ3n) is 8.10. The largest absolute Gasteiger partial charge is 0.476 e. The van der Waals surface area contributed by atoms with Crippen molar-refractivity contribution in [1.29, 1.82) is 0 Å². The molecule has 1 aliphatic heterocycles. The quantitative estimate of drug-likeness (QED) is 0.168. The lowest BCUT2D eigenvalue weighted by Gasteiger charge is -2.43. The molecule has 0 aliphatic carbocycles. The zero-order chi connectivity index (χ0) is 31.8. The van der Waals surface area contributed by atoms with E-state index in [2.05, 4.69) is 4.98 Å². The first-order valence-corrected chi connectivity index (χ1v) is 14.4. The maximum Gasteiger partial charge on any atom is 0.263 e. The van der Waals surface area contributed by atoms with Crippen molar-refractivity contribution in [2.45, 2.75) is 43.2 Å². The van der Waals surface area contributed by atoms with Gasteiger partial charge in [-0.1, -0.05) is 91.0 Å². The van der Waals surface area contributed by atoms with Crippen LogP contribution < -0.4 is 9.80 Å². The van der Waals surface area contributed by atoms with Gasteiger partial charge in [-0.05, 0) is 30.5 Å². The Labute approximate surface area is 258 Å². The summed E-state index contributed by atoms with van der Waals surface area (Å²) < 4.78 is 43.6. The normalized spacial score (nSPS) is 23.4. The van der Waals surface area contributed by atoms with Gasteiger partial charge in [-0.15, -0.1) is 0 Å². The first-order valence-electron chi connectivity index (χ1n) is 14.4. The molecule has 4 atom stereocenters. The van der Waals surface area contributed by atoms with Gasteiger partial charge in [0.2, 0.25) is 5.88 Å². The molecule has 6 rings (SSSR count). The van der Waals surface area contributed by atoms with E-state index in [0.717, 1.165) is 28.2 Å². The molecular weight excluding hydrogens is 584 g/mol. The summed E-state index contributed by atoms with van der Waals surface area (Å²) in [5.41, 5.74) is -1.20. The van der Waals surface area contributed by atoms with Crippen LogP contribution in [0, 0.1) is 0 Å². The number of aromatic nitrogens is 4. The van der Waals surface area contributed by atoms with Crippen LogP contribution in [0.5, 0.6) is 5.88 Å². The van der Waals surface area contributed by atoms with Crippen LogP contribution in [0.25, 0.3) is 11.2 Å². The Kier molecular flexibility index (Phi) is 8.00. The highest BCUT2D eigenvalue weighted by atomic mass is 19.2. The van der Waals surface area contributed by atoms with Gasteiger partial charge in [0, 0.05) is 0 Å². The highest BCUT2D eigenvalue weighted by Crippen LogP contribution is 2.49. The molecule has 0 amide bonds. The minimum atomic E-state index is -3.05. The van der Waals surface area contributed by atoms with E-state index in [0.29, 0.717) is 0 Å². The summed E-state index contributed by atoms with van der Waals surface area (Å²) in [4.78, 5) is 20.1. The van der Waals surface area contributed by atoms with Crippen molar-refractivity contribution in [1.82, 2.24) is 19.5 Å². The highest BCUT2D eigenvalue weighted by molar-refractivity contribution is 5.78. The Bertz CT molecular complexity index is 1660. The fourth-order valence-electron chi connectivity index (χ4n) is 6.01. The molecule has 234 valence electrons. The Balaban J connectivity index is 1.64. The third kappa shape index (κ3) is 4.81. The molecule has 0 saturated carbocycles. The fraction of sp³-hybridized carbons (Fsp3) is 0.303. The summed E-state index contributed by atoms with van der Waals surface area (Å²) in [7, 11) is 1.49. The second-order valence-corrected chi connectivity index (χ2v) is 10.8. The molecule has 45 heavy (non-hydrogen) atoms. The lowest BCUT2D eigenvalue weighted by molar-refractivity contribution is -0.206. The molecule has 10 nitrogen and oxygen atoms in total. The number of hydrogen-bond donors (Lipinski definition) is 2. The summed E-state index contributed by atoms with van der Waals surface area (Å²) in [6.45, 7) is 1.72. The Morgan fingerprint density at radius 1 is 0.933 bits per heavy atom. The lowest BCUT2D eigenvalue weighted by Crippen LogP contribution is -2.48. The van der Waals surface area contributed by atoms with Crippen molar-refractivity contribution in [3.8, 4) is 5.88 Å². The molecule has 1 aliphatic rings. The molecule has 1 unspecified atom stereocenters. The minimum Gasteiger partial charge on any atom is -0.476 e. The molecule has 1 saturated heterocycles. The summed E-state index contributed by atoms with van der Waals surface area (Å²) in [5, 5.41) is 21.6. The van der Waals surface area contributed by atoms with Gasteiger partial charge in [0.1, 0.15) is 12.1 Å². The van der Waals surface area contributed by atoms with Crippen LogP contribution in [0.15, 0.2) is 97.3 Å². The monoisotopic (exact) mass is 617 g/mol. The predicted octanol–water partition coefficient (Wildman–Crippen LogP) is 4.86.